The molecule has 54 valence electrons. The van der Waals surface area contributed by atoms with Gasteiger partial charge in [-0.2, -0.15) is 0 Å². The van der Waals surface area contributed by atoms with Crippen molar-refractivity contribution in [3.8, 4) is 0 Å². The molecular weight excluding hydrogens is 171 g/mol. The molecule has 0 N–H and O–H groups in total. The Kier molecular flexibility index (Phi) is 2.17. The van der Waals surface area contributed by atoms with Gasteiger partial charge in [-0.3, -0.25) is 0 Å². The molecular formula is C7H6Cl2O. The van der Waals surface area contributed by atoms with E-state index in [9.17, 15) is 4.79 Å². The second-order valence-electron chi connectivity index (χ2n) is 2.11. The van der Waals surface area contributed by atoms with Crippen LogP contribution in [0.25, 0.3) is 0 Å². The molecule has 0 bridgehead atoms. The summed E-state index contributed by atoms with van der Waals surface area (Å²) in [5, 5.41) is 0. The van der Waals surface area contributed by atoms with Crippen molar-refractivity contribution in [2.75, 3.05) is 0 Å². The zero-order chi connectivity index (χ0) is 7.61. The Labute approximate surface area is 69.3 Å². The molecule has 0 aliphatic heterocycles. The van der Waals surface area contributed by atoms with Gasteiger partial charge in [0.25, 0.3) is 0 Å². The van der Waals surface area contributed by atoms with E-state index >= 15 is 0 Å². The molecule has 0 spiro atoms. The molecule has 0 amide bonds. The molecule has 0 saturated carbocycles. The third-order valence-electron chi connectivity index (χ3n) is 1.24. The van der Waals surface area contributed by atoms with Crippen LogP contribution >= 0.6 is 23.2 Å². The van der Waals surface area contributed by atoms with E-state index in [-0.39, 0.29) is 5.92 Å². The fourth-order valence-corrected chi connectivity index (χ4v) is 0.980. The maximum atomic E-state index is 10.2. The highest BCUT2D eigenvalue weighted by Gasteiger charge is 2.19. The van der Waals surface area contributed by atoms with Crippen molar-refractivity contribution in [1.82, 2.24) is 0 Å². The Morgan fingerprint density at radius 1 is 1.30 bits per heavy atom. The number of rotatable bonds is 1. The van der Waals surface area contributed by atoms with Gasteiger partial charge in [-0.1, -0.05) is 35.4 Å². The number of allylic oxidation sites excluding steroid dienone is 4. The largest absolute Gasteiger partial charge is 0.302 e. The van der Waals surface area contributed by atoms with Crippen LogP contribution in [0.5, 0.6) is 0 Å². The summed E-state index contributed by atoms with van der Waals surface area (Å²) in [5.74, 6) is -0.161. The SMILES string of the molecule is O=CC1C=CC(Cl)(Cl)C=C1. The van der Waals surface area contributed by atoms with Gasteiger partial charge < -0.3 is 4.79 Å². The fraction of sp³-hybridized carbons (Fsp3) is 0.286. The summed E-state index contributed by atoms with van der Waals surface area (Å²) >= 11 is 11.3. The average Bonchev–Trinajstić information content (AvgIpc) is 1.88. The molecule has 1 nitrogen and oxygen atoms in total. The molecule has 0 saturated heterocycles. The molecule has 0 aromatic rings. The van der Waals surface area contributed by atoms with Crippen molar-refractivity contribution in [2.24, 2.45) is 5.92 Å². The minimum atomic E-state index is -0.917. The summed E-state index contributed by atoms with van der Waals surface area (Å²) < 4.78 is -0.917. The van der Waals surface area contributed by atoms with E-state index in [1.165, 1.54) is 0 Å². The summed E-state index contributed by atoms with van der Waals surface area (Å²) in [6.45, 7) is 0. The van der Waals surface area contributed by atoms with Crippen molar-refractivity contribution in [3.63, 3.8) is 0 Å². The van der Waals surface area contributed by atoms with Gasteiger partial charge in [0.05, 0.1) is 5.92 Å². The second kappa shape index (κ2) is 2.77. The summed E-state index contributed by atoms with van der Waals surface area (Å²) in [5.41, 5.74) is 0. The van der Waals surface area contributed by atoms with Crippen LogP contribution in [-0.2, 0) is 4.79 Å². The van der Waals surface area contributed by atoms with E-state index < -0.39 is 4.33 Å². The van der Waals surface area contributed by atoms with Gasteiger partial charge in [0, 0.05) is 0 Å². The first-order valence-corrected chi connectivity index (χ1v) is 3.61. The van der Waals surface area contributed by atoms with Gasteiger partial charge in [-0.25, -0.2) is 0 Å². The Balaban J connectivity index is 2.70. The molecule has 0 radical (unpaired) electrons. The molecule has 0 aromatic carbocycles. The van der Waals surface area contributed by atoms with Gasteiger partial charge in [0.2, 0.25) is 0 Å². The lowest BCUT2D eigenvalue weighted by atomic mass is 10.1. The lowest BCUT2D eigenvalue weighted by molar-refractivity contribution is -0.108. The van der Waals surface area contributed by atoms with Gasteiger partial charge in [-0.05, 0) is 12.2 Å². The maximum Gasteiger partial charge on any atom is 0.154 e. The fourth-order valence-electron chi connectivity index (χ4n) is 0.689. The number of carbonyl (C=O) groups is 1. The maximum absolute atomic E-state index is 10.2. The highest BCUT2D eigenvalue weighted by molar-refractivity contribution is 6.51. The van der Waals surface area contributed by atoms with Crippen LogP contribution in [0.4, 0.5) is 0 Å². The molecule has 0 atom stereocenters. The van der Waals surface area contributed by atoms with Gasteiger partial charge >= 0.3 is 0 Å². The number of aldehydes is 1. The molecule has 1 aliphatic carbocycles. The minimum absolute atomic E-state index is 0.161. The normalized spacial score (nSPS) is 23.0. The van der Waals surface area contributed by atoms with Gasteiger partial charge in [-0.15, -0.1) is 0 Å². The molecule has 0 unspecified atom stereocenters. The van der Waals surface area contributed by atoms with Crippen molar-refractivity contribution < 1.29 is 4.79 Å². The summed E-state index contributed by atoms with van der Waals surface area (Å²) in [7, 11) is 0. The molecule has 0 heterocycles. The summed E-state index contributed by atoms with van der Waals surface area (Å²) in [4.78, 5) is 10.2. The molecule has 0 fully saturated rings. The van der Waals surface area contributed by atoms with Crippen LogP contribution in [0.1, 0.15) is 0 Å². The smallest absolute Gasteiger partial charge is 0.154 e. The topological polar surface area (TPSA) is 17.1 Å². The number of carbonyl (C=O) groups excluding carboxylic acids is 1. The Bertz CT molecular complexity index is 178. The van der Waals surface area contributed by atoms with E-state index in [4.69, 9.17) is 23.2 Å². The predicted molar refractivity (Wildman–Crippen MR) is 42.3 cm³/mol. The van der Waals surface area contributed by atoms with Crippen molar-refractivity contribution in [3.05, 3.63) is 24.3 Å². The van der Waals surface area contributed by atoms with Crippen LogP contribution < -0.4 is 0 Å². The standard InChI is InChI=1S/C7H6Cl2O/c8-7(9)3-1-6(5-10)2-4-7/h1-6H. The molecule has 1 rings (SSSR count). The zero-order valence-electron chi connectivity index (χ0n) is 5.13. The quantitative estimate of drug-likeness (QED) is 0.340. The zero-order valence-corrected chi connectivity index (χ0v) is 6.64. The van der Waals surface area contributed by atoms with Gasteiger partial charge in [0.15, 0.2) is 4.33 Å². The number of hydrogen-bond acceptors (Lipinski definition) is 1. The number of alkyl halides is 2. The molecule has 0 aromatic heterocycles. The van der Waals surface area contributed by atoms with Crippen molar-refractivity contribution >= 4 is 29.5 Å². The highest BCUT2D eigenvalue weighted by Crippen LogP contribution is 2.28. The van der Waals surface area contributed by atoms with Crippen LogP contribution in [0.3, 0.4) is 0 Å². The first kappa shape index (κ1) is 7.83. The van der Waals surface area contributed by atoms with Crippen molar-refractivity contribution in [2.45, 2.75) is 4.33 Å². The molecule has 1 aliphatic rings. The Morgan fingerprint density at radius 3 is 2.20 bits per heavy atom. The summed E-state index contributed by atoms with van der Waals surface area (Å²) in [6.07, 6.45) is 7.36. The van der Waals surface area contributed by atoms with E-state index in [1.54, 1.807) is 24.3 Å². The lowest BCUT2D eigenvalue weighted by Gasteiger charge is -2.14. The Hall–Kier alpha value is -0.270. The minimum Gasteiger partial charge on any atom is -0.302 e. The van der Waals surface area contributed by atoms with Crippen LogP contribution in [0, 0.1) is 5.92 Å². The third kappa shape index (κ3) is 1.86. The first-order valence-electron chi connectivity index (χ1n) is 2.86. The molecule has 3 heteroatoms. The monoisotopic (exact) mass is 176 g/mol. The van der Waals surface area contributed by atoms with E-state index in [0.717, 1.165) is 6.29 Å². The van der Waals surface area contributed by atoms with Crippen molar-refractivity contribution in [1.29, 1.82) is 0 Å². The van der Waals surface area contributed by atoms with E-state index in [2.05, 4.69) is 0 Å². The van der Waals surface area contributed by atoms with E-state index in [0.29, 0.717) is 0 Å². The van der Waals surface area contributed by atoms with E-state index in [1.807, 2.05) is 0 Å². The Morgan fingerprint density at radius 2 is 1.80 bits per heavy atom. The van der Waals surface area contributed by atoms with Crippen LogP contribution in [0.15, 0.2) is 24.3 Å². The summed E-state index contributed by atoms with van der Waals surface area (Å²) in [6, 6.07) is 0. The number of halogens is 2. The second-order valence-corrected chi connectivity index (χ2v) is 3.55. The molecule has 10 heavy (non-hydrogen) atoms. The predicted octanol–water partition coefficient (Wildman–Crippen LogP) is 2.10. The van der Waals surface area contributed by atoms with Crippen LogP contribution in [0.2, 0.25) is 0 Å². The average molecular weight is 177 g/mol. The first-order chi connectivity index (χ1) is 4.64. The van der Waals surface area contributed by atoms with Crippen LogP contribution in [-0.4, -0.2) is 10.6 Å². The van der Waals surface area contributed by atoms with Gasteiger partial charge in [0.1, 0.15) is 6.29 Å². The highest BCUT2D eigenvalue weighted by atomic mass is 35.5. The lowest BCUT2D eigenvalue weighted by Crippen LogP contribution is -2.10. The third-order valence-corrected chi connectivity index (χ3v) is 1.74. The number of hydrogen-bond donors (Lipinski definition) is 0.